The first-order valence-corrected chi connectivity index (χ1v) is 10.8. The van der Waals surface area contributed by atoms with E-state index in [9.17, 15) is 9.59 Å². The third-order valence-corrected chi connectivity index (χ3v) is 5.91. The van der Waals surface area contributed by atoms with Gasteiger partial charge in [0, 0.05) is 33.5 Å². The molecule has 4 rings (SSSR count). The van der Waals surface area contributed by atoms with E-state index >= 15 is 0 Å². The van der Waals surface area contributed by atoms with Crippen molar-refractivity contribution in [3.05, 3.63) is 82.5 Å². The second kappa shape index (κ2) is 8.65. The maximum Gasteiger partial charge on any atom is 0.228 e. The molecule has 7 heteroatoms. The largest absolute Gasteiger partial charge is 0.326 e. The van der Waals surface area contributed by atoms with E-state index in [1.54, 1.807) is 28.9 Å². The van der Waals surface area contributed by atoms with E-state index in [0.29, 0.717) is 11.3 Å². The van der Waals surface area contributed by atoms with Gasteiger partial charge in [-0.15, -0.1) is 11.3 Å². The number of hydrogen-bond donors (Lipinski definition) is 1. The van der Waals surface area contributed by atoms with Gasteiger partial charge in [0.25, 0.3) is 0 Å². The molecule has 6 nitrogen and oxygen atoms in total. The number of rotatable bonds is 6. The molecule has 0 unspecified atom stereocenters. The molecular formula is C24H22N4O2S. The van der Waals surface area contributed by atoms with Crippen LogP contribution in [0.5, 0.6) is 0 Å². The van der Waals surface area contributed by atoms with Gasteiger partial charge in [-0.25, -0.2) is 9.67 Å². The second-order valence-corrected chi connectivity index (χ2v) is 8.14. The van der Waals surface area contributed by atoms with Crippen LogP contribution in [0.2, 0.25) is 0 Å². The van der Waals surface area contributed by atoms with E-state index in [-0.39, 0.29) is 18.1 Å². The van der Waals surface area contributed by atoms with Crippen molar-refractivity contribution < 1.29 is 9.59 Å². The van der Waals surface area contributed by atoms with E-state index in [1.807, 2.05) is 49.6 Å². The van der Waals surface area contributed by atoms with Gasteiger partial charge in [0.1, 0.15) is 0 Å². The molecule has 0 spiro atoms. The summed E-state index contributed by atoms with van der Waals surface area (Å²) in [5, 5.41) is 10.3. The number of carbonyl (C=O) groups excluding carboxylic acids is 2. The van der Waals surface area contributed by atoms with Crippen molar-refractivity contribution in [2.24, 2.45) is 0 Å². The molecule has 1 N–H and O–H groups in total. The third kappa shape index (κ3) is 4.46. The summed E-state index contributed by atoms with van der Waals surface area (Å²) in [6.07, 6.45) is 0.211. The SMILES string of the molecule is CC(=O)c1ccc(NC(=O)Cc2c(C)nn(-c3nc(-c4ccccc4)cs3)c2C)cc1. The number of hydrogen-bond acceptors (Lipinski definition) is 5. The number of anilines is 1. The molecule has 2 heterocycles. The van der Waals surface area contributed by atoms with Crippen LogP contribution in [0.3, 0.4) is 0 Å². The quantitative estimate of drug-likeness (QED) is 0.437. The number of thiazole rings is 1. The first kappa shape index (κ1) is 20.7. The number of carbonyl (C=O) groups is 2. The number of aromatic nitrogens is 3. The minimum absolute atomic E-state index is 0.00542. The average molecular weight is 431 g/mol. The van der Waals surface area contributed by atoms with Crippen molar-refractivity contribution in [3.63, 3.8) is 0 Å². The molecule has 0 bridgehead atoms. The van der Waals surface area contributed by atoms with Crippen molar-refractivity contribution in [2.45, 2.75) is 27.2 Å². The zero-order chi connectivity index (χ0) is 22.0. The van der Waals surface area contributed by atoms with Gasteiger partial charge in [-0.1, -0.05) is 30.3 Å². The summed E-state index contributed by atoms with van der Waals surface area (Å²) < 4.78 is 1.80. The summed E-state index contributed by atoms with van der Waals surface area (Å²) >= 11 is 1.52. The summed E-state index contributed by atoms with van der Waals surface area (Å²) in [6.45, 7) is 5.37. The predicted molar refractivity (Wildman–Crippen MR) is 123 cm³/mol. The number of aryl methyl sites for hydroxylation is 1. The number of nitrogens with zero attached hydrogens (tertiary/aromatic N) is 3. The van der Waals surface area contributed by atoms with E-state index in [2.05, 4.69) is 10.4 Å². The smallest absolute Gasteiger partial charge is 0.228 e. The summed E-state index contributed by atoms with van der Waals surface area (Å²) in [7, 11) is 0. The monoisotopic (exact) mass is 430 g/mol. The number of amides is 1. The summed E-state index contributed by atoms with van der Waals surface area (Å²) in [4.78, 5) is 28.7. The molecule has 0 atom stereocenters. The van der Waals surface area contributed by atoms with Gasteiger partial charge in [-0.2, -0.15) is 5.10 Å². The molecular weight excluding hydrogens is 408 g/mol. The van der Waals surface area contributed by atoms with Crippen LogP contribution in [-0.4, -0.2) is 26.5 Å². The minimum atomic E-state index is -0.134. The Morgan fingerprint density at radius 2 is 1.74 bits per heavy atom. The molecule has 0 fully saturated rings. The van der Waals surface area contributed by atoms with Crippen LogP contribution in [-0.2, 0) is 11.2 Å². The lowest BCUT2D eigenvalue weighted by atomic mass is 10.1. The standard InChI is InChI=1S/C24H22N4O2S/c1-15-21(13-23(30)25-20-11-9-18(10-12-20)17(3)29)16(2)28(27-15)24-26-22(14-31-24)19-7-5-4-6-8-19/h4-12,14H,13H2,1-3H3,(H,25,30). The molecule has 1 amide bonds. The Morgan fingerprint density at radius 1 is 1.03 bits per heavy atom. The molecule has 2 aromatic carbocycles. The van der Waals surface area contributed by atoms with Gasteiger partial charge < -0.3 is 5.32 Å². The van der Waals surface area contributed by atoms with E-state index < -0.39 is 0 Å². The number of ketones is 1. The van der Waals surface area contributed by atoms with Gasteiger partial charge in [-0.3, -0.25) is 9.59 Å². The lowest BCUT2D eigenvalue weighted by Crippen LogP contribution is -2.15. The zero-order valence-corrected chi connectivity index (χ0v) is 18.4. The Kier molecular flexibility index (Phi) is 5.77. The normalized spacial score (nSPS) is 10.8. The number of benzene rings is 2. The van der Waals surface area contributed by atoms with Crippen LogP contribution in [0.25, 0.3) is 16.4 Å². The fourth-order valence-corrected chi connectivity index (χ4v) is 4.21. The third-order valence-electron chi connectivity index (χ3n) is 5.10. The van der Waals surface area contributed by atoms with Gasteiger partial charge in [0.2, 0.25) is 11.0 Å². The molecule has 0 radical (unpaired) electrons. The molecule has 0 saturated carbocycles. The highest BCUT2D eigenvalue weighted by Gasteiger charge is 2.18. The van der Waals surface area contributed by atoms with E-state index in [4.69, 9.17) is 4.98 Å². The highest BCUT2D eigenvalue weighted by atomic mass is 32.1. The molecule has 0 aliphatic heterocycles. The number of nitrogens with one attached hydrogen (secondary N) is 1. The highest BCUT2D eigenvalue weighted by molar-refractivity contribution is 7.12. The average Bonchev–Trinajstić information content (AvgIpc) is 3.35. The maximum absolute atomic E-state index is 12.6. The summed E-state index contributed by atoms with van der Waals surface area (Å²) in [6, 6.07) is 16.9. The van der Waals surface area contributed by atoms with Gasteiger partial charge in [0.15, 0.2) is 5.78 Å². The van der Waals surface area contributed by atoms with Crippen molar-refractivity contribution in [2.75, 3.05) is 5.32 Å². The first-order valence-electron chi connectivity index (χ1n) is 9.89. The Hall–Kier alpha value is -3.58. The molecule has 0 aliphatic carbocycles. The van der Waals surface area contributed by atoms with Gasteiger partial charge in [-0.05, 0) is 45.0 Å². The van der Waals surface area contributed by atoms with Crippen molar-refractivity contribution in [3.8, 4) is 16.4 Å². The molecule has 2 aromatic heterocycles. The Morgan fingerprint density at radius 3 is 2.42 bits per heavy atom. The van der Waals surface area contributed by atoms with Crippen molar-refractivity contribution in [1.29, 1.82) is 0 Å². The fourth-order valence-electron chi connectivity index (χ4n) is 3.37. The lowest BCUT2D eigenvalue weighted by Gasteiger charge is -2.06. The summed E-state index contributed by atoms with van der Waals surface area (Å²) in [5.41, 5.74) is 5.82. The van der Waals surface area contributed by atoms with Crippen LogP contribution >= 0.6 is 11.3 Å². The van der Waals surface area contributed by atoms with Crippen molar-refractivity contribution in [1.82, 2.24) is 14.8 Å². The number of Topliss-reactive ketones (excluding diaryl/α,β-unsaturated/α-hetero) is 1. The lowest BCUT2D eigenvalue weighted by molar-refractivity contribution is -0.115. The van der Waals surface area contributed by atoms with Gasteiger partial charge >= 0.3 is 0 Å². The summed E-state index contributed by atoms with van der Waals surface area (Å²) in [5.74, 6) is -0.139. The molecule has 156 valence electrons. The minimum Gasteiger partial charge on any atom is -0.326 e. The van der Waals surface area contributed by atoms with E-state index in [0.717, 1.165) is 33.3 Å². The van der Waals surface area contributed by atoms with Gasteiger partial charge in [0.05, 0.1) is 17.8 Å². The fraction of sp³-hybridized carbons (Fsp3) is 0.167. The second-order valence-electron chi connectivity index (χ2n) is 7.30. The van der Waals surface area contributed by atoms with E-state index in [1.165, 1.54) is 18.3 Å². The highest BCUT2D eigenvalue weighted by Crippen LogP contribution is 2.26. The topological polar surface area (TPSA) is 76.9 Å². The Labute approximate surface area is 184 Å². The first-order chi connectivity index (χ1) is 14.9. The van der Waals surface area contributed by atoms with Crippen molar-refractivity contribution >= 4 is 28.7 Å². The molecule has 31 heavy (non-hydrogen) atoms. The van der Waals surface area contributed by atoms with Crippen LogP contribution in [0.4, 0.5) is 5.69 Å². The van der Waals surface area contributed by atoms with Crippen LogP contribution in [0.15, 0.2) is 60.0 Å². The Bertz CT molecular complexity index is 1240. The van der Waals surface area contributed by atoms with Crippen LogP contribution in [0.1, 0.15) is 34.2 Å². The Balaban J connectivity index is 1.51. The van der Waals surface area contributed by atoms with Crippen LogP contribution < -0.4 is 5.32 Å². The molecule has 4 aromatic rings. The maximum atomic E-state index is 12.6. The zero-order valence-electron chi connectivity index (χ0n) is 17.5. The molecule has 0 saturated heterocycles. The predicted octanol–water partition coefficient (Wildman–Crippen LogP) is 5.00. The molecule has 0 aliphatic rings. The van der Waals surface area contributed by atoms with Crippen LogP contribution in [0, 0.1) is 13.8 Å².